The van der Waals surface area contributed by atoms with Crippen LogP contribution in [-0.2, 0) is 9.53 Å². The number of benzene rings is 1. The SMILES string of the molecule is CCOC(=O)C(O)C(O)c1cc(C)ccc1F. The zero-order chi connectivity index (χ0) is 13.0. The fraction of sp³-hybridized carbons (Fsp3) is 0.417. The maximum absolute atomic E-state index is 13.4. The smallest absolute Gasteiger partial charge is 0.338 e. The van der Waals surface area contributed by atoms with E-state index in [2.05, 4.69) is 4.74 Å². The van der Waals surface area contributed by atoms with Gasteiger partial charge < -0.3 is 14.9 Å². The summed E-state index contributed by atoms with van der Waals surface area (Å²) < 4.78 is 18.0. The molecule has 17 heavy (non-hydrogen) atoms. The molecule has 0 aliphatic carbocycles. The zero-order valence-electron chi connectivity index (χ0n) is 9.68. The first-order valence-electron chi connectivity index (χ1n) is 5.26. The first-order valence-corrected chi connectivity index (χ1v) is 5.26. The third kappa shape index (κ3) is 3.25. The molecular formula is C12H15FO4. The maximum Gasteiger partial charge on any atom is 0.338 e. The van der Waals surface area contributed by atoms with Crippen LogP contribution in [0.3, 0.4) is 0 Å². The molecule has 5 heteroatoms. The largest absolute Gasteiger partial charge is 0.464 e. The highest BCUT2D eigenvalue weighted by Crippen LogP contribution is 2.22. The van der Waals surface area contributed by atoms with E-state index in [-0.39, 0.29) is 12.2 Å². The van der Waals surface area contributed by atoms with Crippen molar-refractivity contribution in [2.45, 2.75) is 26.1 Å². The highest BCUT2D eigenvalue weighted by atomic mass is 19.1. The summed E-state index contributed by atoms with van der Waals surface area (Å²) in [7, 11) is 0. The Bertz CT molecular complexity index is 405. The average Bonchev–Trinajstić information content (AvgIpc) is 2.30. The molecule has 0 saturated heterocycles. The number of aliphatic hydroxyl groups is 2. The minimum absolute atomic E-state index is 0.0823. The first kappa shape index (κ1) is 13.6. The molecule has 0 aliphatic rings. The van der Waals surface area contributed by atoms with Crippen LogP contribution in [-0.4, -0.2) is 28.9 Å². The first-order chi connectivity index (χ1) is 7.97. The third-order valence-corrected chi connectivity index (χ3v) is 2.30. The van der Waals surface area contributed by atoms with Gasteiger partial charge in [0.2, 0.25) is 0 Å². The molecule has 0 fully saturated rings. The molecule has 1 rings (SSSR count). The molecule has 0 heterocycles. The van der Waals surface area contributed by atoms with Crippen LogP contribution in [0.4, 0.5) is 4.39 Å². The predicted octanol–water partition coefficient (Wildman–Crippen LogP) is 1.09. The second kappa shape index (κ2) is 5.75. The quantitative estimate of drug-likeness (QED) is 0.776. The fourth-order valence-electron chi connectivity index (χ4n) is 1.42. The van der Waals surface area contributed by atoms with Crippen molar-refractivity contribution in [3.8, 4) is 0 Å². The standard InChI is InChI=1S/C12H15FO4/c1-3-17-12(16)11(15)10(14)8-6-7(2)4-5-9(8)13/h4-6,10-11,14-15H,3H2,1-2H3. The lowest BCUT2D eigenvalue weighted by Gasteiger charge is -2.17. The molecule has 4 nitrogen and oxygen atoms in total. The number of carbonyl (C=O) groups is 1. The lowest BCUT2D eigenvalue weighted by Crippen LogP contribution is -2.30. The van der Waals surface area contributed by atoms with Crippen molar-refractivity contribution in [3.63, 3.8) is 0 Å². The molecule has 2 atom stereocenters. The van der Waals surface area contributed by atoms with Gasteiger partial charge in [0.1, 0.15) is 11.9 Å². The third-order valence-electron chi connectivity index (χ3n) is 2.30. The van der Waals surface area contributed by atoms with Gasteiger partial charge in [0.25, 0.3) is 0 Å². The van der Waals surface area contributed by atoms with E-state index in [0.717, 1.165) is 5.56 Å². The molecule has 1 aromatic carbocycles. The van der Waals surface area contributed by atoms with Crippen LogP contribution in [0.1, 0.15) is 24.2 Å². The molecule has 0 saturated carbocycles. The Morgan fingerprint density at radius 2 is 2.12 bits per heavy atom. The van der Waals surface area contributed by atoms with Crippen molar-refractivity contribution in [3.05, 3.63) is 35.1 Å². The van der Waals surface area contributed by atoms with Crippen molar-refractivity contribution in [2.75, 3.05) is 6.61 Å². The highest BCUT2D eigenvalue weighted by molar-refractivity contribution is 5.75. The molecule has 0 amide bonds. The highest BCUT2D eigenvalue weighted by Gasteiger charge is 2.28. The van der Waals surface area contributed by atoms with Gasteiger partial charge in [-0.3, -0.25) is 0 Å². The van der Waals surface area contributed by atoms with E-state index in [1.165, 1.54) is 18.2 Å². The Labute approximate surface area is 98.7 Å². The fourth-order valence-corrected chi connectivity index (χ4v) is 1.42. The molecule has 2 unspecified atom stereocenters. The van der Waals surface area contributed by atoms with E-state index in [4.69, 9.17) is 0 Å². The van der Waals surface area contributed by atoms with Gasteiger partial charge in [-0.1, -0.05) is 17.7 Å². The Hall–Kier alpha value is -1.46. The number of ether oxygens (including phenoxy) is 1. The van der Waals surface area contributed by atoms with Gasteiger partial charge in [-0.15, -0.1) is 0 Å². The van der Waals surface area contributed by atoms with Gasteiger partial charge in [-0.2, -0.15) is 0 Å². The van der Waals surface area contributed by atoms with Crippen LogP contribution in [0.25, 0.3) is 0 Å². The van der Waals surface area contributed by atoms with Crippen LogP contribution in [0, 0.1) is 12.7 Å². The topological polar surface area (TPSA) is 66.8 Å². The molecule has 2 N–H and O–H groups in total. The molecule has 0 aliphatic heterocycles. The van der Waals surface area contributed by atoms with E-state index in [9.17, 15) is 19.4 Å². The lowest BCUT2D eigenvalue weighted by atomic mass is 10.0. The normalized spacial score (nSPS) is 14.2. The van der Waals surface area contributed by atoms with Gasteiger partial charge in [0.15, 0.2) is 6.10 Å². The van der Waals surface area contributed by atoms with Gasteiger partial charge in [0.05, 0.1) is 6.61 Å². The van der Waals surface area contributed by atoms with Gasteiger partial charge in [-0.05, 0) is 19.9 Å². The van der Waals surface area contributed by atoms with Gasteiger partial charge in [0, 0.05) is 5.56 Å². The van der Waals surface area contributed by atoms with Crippen molar-refractivity contribution < 1.29 is 24.1 Å². The Morgan fingerprint density at radius 3 is 2.71 bits per heavy atom. The van der Waals surface area contributed by atoms with Crippen molar-refractivity contribution in [1.82, 2.24) is 0 Å². The van der Waals surface area contributed by atoms with Gasteiger partial charge in [-0.25, -0.2) is 9.18 Å². The van der Waals surface area contributed by atoms with E-state index in [1.54, 1.807) is 13.8 Å². The van der Waals surface area contributed by atoms with E-state index < -0.39 is 24.0 Å². The molecule has 0 radical (unpaired) electrons. The number of carbonyl (C=O) groups excluding carboxylic acids is 1. The van der Waals surface area contributed by atoms with Crippen LogP contribution in [0.2, 0.25) is 0 Å². The Balaban J connectivity index is 2.91. The molecule has 0 aromatic heterocycles. The second-order valence-corrected chi connectivity index (χ2v) is 3.67. The molecule has 0 bridgehead atoms. The summed E-state index contributed by atoms with van der Waals surface area (Å²) in [5.41, 5.74) is 0.599. The summed E-state index contributed by atoms with van der Waals surface area (Å²) in [5, 5.41) is 19.2. The number of halogens is 1. The molecule has 94 valence electrons. The summed E-state index contributed by atoms with van der Waals surface area (Å²) in [6, 6.07) is 4.08. The van der Waals surface area contributed by atoms with Crippen LogP contribution >= 0.6 is 0 Å². The Morgan fingerprint density at radius 1 is 1.47 bits per heavy atom. The minimum atomic E-state index is -1.79. The monoisotopic (exact) mass is 242 g/mol. The van der Waals surface area contributed by atoms with E-state index in [0.29, 0.717) is 0 Å². The summed E-state index contributed by atoms with van der Waals surface area (Å²) in [4.78, 5) is 11.2. The van der Waals surface area contributed by atoms with Crippen LogP contribution in [0.15, 0.2) is 18.2 Å². The number of hydrogen-bond acceptors (Lipinski definition) is 4. The number of aliphatic hydroxyl groups excluding tert-OH is 2. The molecule has 0 spiro atoms. The number of hydrogen-bond donors (Lipinski definition) is 2. The predicted molar refractivity (Wildman–Crippen MR) is 58.7 cm³/mol. The summed E-state index contributed by atoms with van der Waals surface area (Å²) in [6.07, 6.45) is -3.42. The van der Waals surface area contributed by atoms with E-state index in [1.807, 2.05) is 0 Å². The lowest BCUT2D eigenvalue weighted by molar-refractivity contribution is -0.159. The maximum atomic E-state index is 13.4. The summed E-state index contributed by atoms with van der Waals surface area (Å²) in [6.45, 7) is 3.37. The number of aryl methyl sites for hydroxylation is 1. The summed E-state index contributed by atoms with van der Waals surface area (Å²) >= 11 is 0. The summed E-state index contributed by atoms with van der Waals surface area (Å²) in [5.74, 6) is -1.65. The number of esters is 1. The van der Waals surface area contributed by atoms with Crippen molar-refractivity contribution in [1.29, 1.82) is 0 Å². The van der Waals surface area contributed by atoms with Crippen LogP contribution < -0.4 is 0 Å². The Kier molecular flexibility index (Phi) is 4.60. The number of rotatable bonds is 4. The van der Waals surface area contributed by atoms with Crippen molar-refractivity contribution in [2.24, 2.45) is 0 Å². The molecule has 1 aromatic rings. The average molecular weight is 242 g/mol. The second-order valence-electron chi connectivity index (χ2n) is 3.67. The minimum Gasteiger partial charge on any atom is -0.464 e. The van der Waals surface area contributed by atoms with Crippen molar-refractivity contribution >= 4 is 5.97 Å². The zero-order valence-corrected chi connectivity index (χ0v) is 9.68. The van der Waals surface area contributed by atoms with Crippen LogP contribution in [0.5, 0.6) is 0 Å². The van der Waals surface area contributed by atoms with E-state index >= 15 is 0 Å². The van der Waals surface area contributed by atoms with Gasteiger partial charge >= 0.3 is 5.97 Å². The molecular weight excluding hydrogens is 227 g/mol.